The minimum atomic E-state index is 1.09. The molecule has 0 bridgehead atoms. The smallest absolute Gasteiger partial charge is 0.0468 e. The third kappa shape index (κ3) is 6.93. The lowest BCUT2D eigenvalue weighted by Crippen LogP contribution is -2.10. The van der Waals surface area contributed by atoms with Crippen molar-refractivity contribution >= 4 is 49.4 Å². The van der Waals surface area contributed by atoms with Crippen molar-refractivity contribution in [3.63, 3.8) is 0 Å². The number of hydrogen-bond donors (Lipinski definition) is 0. The summed E-state index contributed by atoms with van der Waals surface area (Å²) in [7, 11) is 0. The van der Waals surface area contributed by atoms with E-state index < -0.39 is 0 Å². The summed E-state index contributed by atoms with van der Waals surface area (Å²) >= 11 is 0. The monoisotopic (exact) mass is 775 g/mol. The zero-order valence-electron chi connectivity index (χ0n) is 33.6. The molecule has 0 radical (unpaired) electrons. The number of benzene rings is 11. The molecule has 0 aliphatic rings. The fourth-order valence-electron chi connectivity index (χ4n) is 8.97. The van der Waals surface area contributed by atoms with Gasteiger partial charge in [-0.15, -0.1) is 0 Å². The van der Waals surface area contributed by atoms with E-state index in [1.54, 1.807) is 0 Å². The van der Waals surface area contributed by atoms with Gasteiger partial charge in [-0.1, -0.05) is 206 Å². The predicted octanol–water partition coefficient (Wildman–Crippen LogP) is 17.0. The highest BCUT2D eigenvalue weighted by Gasteiger charge is 2.18. The number of hydrogen-bond acceptors (Lipinski definition) is 1. The van der Waals surface area contributed by atoms with Crippen LogP contribution in [0.15, 0.2) is 249 Å². The molecule has 0 saturated heterocycles. The highest BCUT2D eigenvalue weighted by atomic mass is 15.1. The quantitative estimate of drug-likeness (QED) is 0.139. The number of anilines is 3. The normalized spacial score (nSPS) is 11.3. The van der Waals surface area contributed by atoms with Crippen LogP contribution in [-0.2, 0) is 0 Å². The summed E-state index contributed by atoms with van der Waals surface area (Å²) in [6.07, 6.45) is 0. The minimum absolute atomic E-state index is 1.09. The molecule has 1 nitrogen and oxygen atoms in total. The molecule has 0 heterocycles. The molecule has 0 fully saturated rings. The Morgan fingerprint density at radius 1 is 0.197 bits per heavy atom. The van der Waals surface area contributed by atoms with Gasteiger partial charge in [0.15, 0.2) is 0 Å². The van der Waals surface area contributed by atoms with Crippen LogP contribution in [0, 0.1) is 0 Å². The Bertz CT molecular complexity index is 3330. The van der Waals surface area contributed by atoms with Crippen LogP contribution in [0.25, 0.3) is 88.0 Å². The van der Waals surface area contributed by atoms with Crippen molar-refractivity contribution in [2.24, 2.45) is 0 Å². The Kier molecular flexibility index (Phi) is 9.26. The van der Waals surface area contributed by atoms with Gasteiger partial charge in [-0.3, -0.25) is 0 Å². The standard InChI is InChI=1S/C60H41N/c1-3-13-42(14-4-1)50-20-11-21-51(39-50)43-25-27-48(28-26-43)60-41-54(37-38-58(60)44-15-5-2-6-16-44)61(53-36-33-49-30-29-46-18-8-10-23-57(46)59(49)40-53)52-34-31-47(32-35-52)56-24-12-19-45-17-7-9-22-55(45)56/h1-41H. The van der Waals surface area contributed by atoms with Crippen LogP contribution in [-0.4, -0.2) is 0 Å². The zero-order valence-corrected chi connectivity index (χ0v) is 33.6. The Morgan fingerprint density at radius 3 is 1.38 bits per heavy atom. The molecule has 0 atom stereocenters. The highest BCUT2D eigenvalue weighted by Crippen LogP contribution is 2.43. The molecule has 0 unspecified atom stereocenters. The lowest BCUT2D eigenvalue weighted by atomic mass is 9.92. The summed E-state index contributed by atoms with van der Waals surface area (Å²) in [6.45, 7) is 0. The van der Waals surface area contributed by atoms with Crippen molar-refractivity contribution in [3.05, 3.63) is 249 Å². The molecule has 11 rings (SSSR count). The summed E-state index contributed by atoms with van der Waals surface area (Å²) < 4.78 is 0. The summed E-state index contributed by atoms with van der Waals surface area (Å²) in [5, 5.41) is 7.45. The fraction of sp³-hybridized carbons (Fsp3) is 0. The first-order valence-corrected chi connectivity index (χ1v) is 21.0. The lowest BCUT2D eigenvalue weighted by molar-refractivity contribution is 1.29. The summed E-state index contributed by atoms with van der Waals surface area (Å²) in [6, 6.07) is 90.5. The van der Waals surface area contributed by atoms with Gasteiger partial charge >= 0.3 is 0 Å². The maximum atomic E-state index is 2.41. The molecule has 0 amide bonds. The molecule has 11 aromatic rings. The predicted molar refractivity (Wildman–Crippen MR) is 261 cm³/mol. The molecular formula is C60H41N. The van der Waals surface area contributed by atoms with Gasteiger partial charge in [0.05, 0.1) is 0 Å². The molecule has 0 N–H and O–H groups in total. The van der Waals surface area contributed by atoms with Crippen LogP contribution in [0.1, 0.15) is 0 Å². The van der Waals surface area contributed by atoms with Gasteiger partial charge in [0.25, 0.3) is 0 Å². The Hall–Kier alpha value is -8.00. The average Bonchev–Trinajstić information content (AvgIpc) is 3.35. The van der Waals surface area contributed by atoms with E-state index >= 15 is 0 Å². The molecule has 0 aromatic heterocycles. The van der Waals surface area contributed by atoms with Crippen molar-refractivity contribution in [3.8, 4) is 55.6 Å². The fourth-order valence-corrected chi connectivity index (χ4v) is 8.97. The average molecular weight is 776 g/mol. The van der Waals surface area contributed by atoms with Crippen molar-refractivity contribution in [2.45, 2.75) is 0 Å². The van der Waals surface area contributed by atoms with Crippen molar-refractivity contribution in [1.29, 1.82) is 0 Å². The first-order chi connectivity index (χ1) is 30.2. The van der Waals surface area contributed by atoms with E-state index in [-0.39, 0.29) is 0 Å². The van der Waals surface area contributed by atoms with Crippen molar-refractivity contribution < 1.29 is 0 Å². The van der Waals surface area contributed by atoms with Crippen molar-refractivity contribution in [1.82, 2.24) is 0 Å². The van der Waals surface area contributed by atoms with Gasteiger partial charge in [0, 0.05) is 17.1 Å². The van der Waals surface area contributed by atoms with Gasteiger partial charge < -0.3 is 4.90 Å². The van der Waals surface area contributed by atoms with E-state index in [0.717, 1.165) is 17.1 Å². The van der Waals surface area contributed by atoms with E-state index in [0.29, 0.717) is 0 Å². The maximum Gasteiger partial charge on any atom is 0.0468 e. The Labute approximate surface area is 357 Å². The minimum Gasteiger partial charge on any atom is -0.310 e. The second-order valence-corrected chi connectivity index (χ2v) is 15.7. The number of rotatable bonds is 8. The molecular weight excluding hydrogens is 735 g/mol. The topological polar surface area (TPSA) is 3.24 Å². The van der Waals surface area contributed by atoms with Gasteiger partial charge in [-0.05, 0) is 130 Å². The van der Waals surface area contributed by atoms with Crippen LogP contribution in [0.5, 0.6) is 0 Å². The molecule has 0 spiro atoms. The van der Waals surface area contributed by atoms with E-state index in [9.17, 15) is 0 Å². The SMILES string of the molecule is c1ccc(-c2cccc(-c3ccc(-c4cc(N(c5ccc(-c6cccc7ccccc67)cc5)c5ccc6ccc7ccccc7c6c5)ccc4-c4ccccc4)cc3)c2)cc1. The first-order valence-electron chi connectivity index (χ1n) is 21.0. The highest BCUT2D eigenvalue weighted by molar-refractivity contribution is 6.09. The second kappa shape index (κ2) is 15.6. The summed E-state index contributed by atoms with van der Waals surface area (Å²) in [5.41, 5.74) is 15.3. The molecule has 0 aliphatic carbocycles. The Balaban J connectivity index is 1.06. The summed E-state index contributed by atoms with van der Waals surface area (Å²) in [4.78, 5) is 2.41. The van der Waals surface area contributed by atoms with Crippen LogP contribution < -0.4 is 4.90 Å². The third-order valence-electron chi connectivity index (χ3n) is 12.1. The van der Waals surface area contributed by atoms with Crippen LogP contribution >= 0.6 is 0 Å². The molecule has 286 valence electrons. The second-order valence-electron chi connectivity index (χ2n) is 15.7. The van der Waals surface area contributed by atoms with E-state index in [2.05, 4.69) is 254 Å². The number of nitrogens with zero attached hydrogens (tertiary/aromatic N) is 1. The van der Waals surface area contributed by atoms with E-state index in [4.69, 9.17) is 0 Å². The van der Waals surface area contributed by atoms with Crippen LogP contribution in [0.4, 0.5) is 17.1 Å². The largest absolute Gasteiger partial charge is 0.310 e. The molecule has 0 aliphatic heterocycles. The van der Waals surface area contributed by atoms with Gasteiger partial charge in [0.2, 0.25) is 0 Å². The molecule has 0 saturated carbocycles. The Morgan fingerprint density at radius 2 is 0.639 bits per heavy atom. The molecule has 61 heavy (non-hydrogen) atoms. The zero-order chi connectivity index (χ0) is 40.5. The van der Waals surface area contributed by atoms with Crippen LogP contribution in [0.3, 0.4) is 0 Å². The molecule has 11 aromatic carbocycles. The van der Waals surface area contributed by atoms with E-state index in [1.807, 2.05) is 0 Å². The van der Waals surface area contributed by atoms with E-state index in [1.165, 1.54) is 88.0 Å². The number of fused-ring (bicyclic) bond motifs is 4. The van der Waals surface area contributed by atoms with Gasteiger partial charge in [0.1, 0.15) is 0 Å². The van der Waals surface area contributed by atoms with Gasteiger partial charge in [-0.25, -0.2) is 0 Å². The third-order valence-corrected chi connectivity index (χ3v) is 12.1. The lowest BCUT2D eigenvalue weighted by Gasteiger charge is -2.27. The summed E-state index contributed by atoms with van der Waals surface area (Å²) in [5.74, 6) is 0. The van der Waals surface area contributed by atoms with Gasteiger partial charge in [-0.2, -0.15) is 0 Å². The molecule has 1 heteroatoms. The maximum absolute atomic E-state index is 2.41. The first kappa shape index (κ1) is 36.1. The van der Waals surface area contributed by atoms with Crippen LogP contribution in [0.2, 0.25) is 0 Å². The van der Waals surface area contributed by atoms with Crippen molar-refractivity contribution in [2.75, 3.05) is 4.90 Å².